The Hall–Kier alpha value is -3.79. The van der Waals surface area contributed by atoms with Crippen LogP contribution in [0.4, 0.5) is 0 Å². The maximum absolute atomic E-state index is 12.2. The molecule has 4 rings (SSSR count). The number of aromatic nitrogens is 1. The van der Waals surface area contributed by atoms with Crippen LogP contribution in [0.25, 0.3) is 11.1 Å². The molecule has 1 aromatic heterocycles. The topological polar surface area (TPSA) is 66.2 Å². The standard InChI is InChI=1S/C28H25N3O2S/c1-19-6-4-5-7-24(19)25-14-22(12-13-23(25)15-29)27(26-16-30-18-34-26)33-17-20-8-10-21(11-9-20)28(32)31(2)3/h4-14,16,18,27H,17H2,1-3H3. The predicted molar refractivity (Wildman–Crippen MR) is 135 cm³/mol. The van der Waals surface area contributed by atoms with Crippen molar-refractivity contribution in [3.63, 3.8) is 0 Å². The third kappa shape index (κ3) is 5.07. The zero-order chi connectivity index (χ0) is 24.1. The minimum atomic E-state index is -0.328. The Labute approximate surface area is 203 Å². The molecule has 0 aliphatic carbocycles. The molecule has 0 saturated carbocycles. The third-order valence-corrected chi connectivity index (χ3v) is 6.45. The molecule has 1 heterocycles. The smallest absolute Gasteiger partial charge is 0.253 e. The van der Waals surface area contributed by atoms with E-state index in [9.17, 15) is 10.1 Å². The first kappa shape index (κ1) is 23.4. The molecule has 0 fully saturated rings. The van der Waals surface area contributed by atoms with Crippen LogP contribution < -0.4 is 0 Å². The molecule has 0 aliphatic heterocycles. The quantitative estimate of drug-likeness (QED) is 0.334. The Bertz CT molecular complexity index is 1320. The Morgan fingerprint density at radius 2 is 1.85 bits per heavy atom. The van der Waals surface area contributed by atoms with Gasteiger partial charge in [-0.15, -0.1) is 11.3 Å². The first-order valence-electron chi connectivity index (χ1n) is 10.9. The van der Waals surface area contributed by atoms with Gasteiger partial charge in [0.25, 0.3) is 5.91 Å². The second kappa shape index (κ2) is 10.4. The van der Waals surface area contributed by atoms with Crippen molar-refractivity contribution in [1.82, 2.24) is 9.88 Å². The second-order valence-corrected chi connectivity index (χ2v) is 9.14. The van der Waals surface area contributed by atoms with E-state index in [1.54, 1.807) is 24.5 Å². The van der Waals surface area contributed by atoms with Crippen LogP contribution in [0.15, 0.2) is 78.4 Å². The van der Waals surface area contributed by atoms with Gasteiger partial charge in [-0.2, -0.15) is 5.26 Å². The summed E-state index contributed by atoms with van der Waals surface area (Å²) in [6.07, 6.45) is 1.49. The van der Waals surface area contributed by atoms with Gasteiger partial charge in [-0.05, 0) is 53.4 Å². The number of ether oxygens (including phenoxy) is 1. The first-order valence-corrected chi connectivity index (χ1v) is 11.8. The van der Waals surface area contributed by atoms with Crippen molar-refractivity contribution in [2.24, 2.45) is 0 Å². The largest absolute Gasteiger partial charge is 0.363 e. The number of thiazole rings is 1. The maximum Gasteiger partial charge on any atom is 0.253 e. The van der Waals surface area contributed by atoms with Crippen LogP contribution in [0.2, 0.25) is 0 Å². The number of aryl methyl sites for hydroxylation is 1. The highest BCUT2D eigenvalue weighted by Gasteiger charge is 2.20. The third-order valence-electron chi connectivity index (χ3n) is 5.64. The lowest BCUT2D eigenvalue weighted by atomic mass is 9.93. The highest BCUT2D eigenvalue weighted by Crippen LogP contribution is 2.34. The zero-order valence-electron chi connectivity index (χ0n) is 19.4. The summed E-state index contributed by atoms with van der Waals surface area (Å²) in [5, 5.41) is 9.72. The number of amides is 1. The minimum Gasteiger partial charge on any atom is -0.363 e. The molecule has 1 atom stereocenters. The Morgan fingerprint density at radius 3 is 2.50 bits per heavy atom. The summed E-state index contributed by atoms with van der Waals surface area (Å²) >= 11 is 1.53. The fourth-order valence-corrected chi connectivity index (χ4v) is 4.49. The van der Waals surface area contributed by atoms with Gasteiger partial charge in [0.05, 0.1) is 28.6 Å². The van der Waals surface area contributed by atoms with Gasteiger partial charge in [0, 0.05) is 31.4 Å². The van der Waals surface area contributed by atoms with Crippen molar-refractivity contribution in [1.29, 1.82) is 5.26 Å². The molecule has 3 aromatic carbocycles. The lowest BCUT2D eigenvalue weighted by Crippen LogP contribution is -2.21. The van der Waals surface area contributed by atoms with E-state index in [-0.39, 0.29) is 12.0 Å². The number of hydrogen-bond donors (Lipinski definition) is 0. The Morgan fingerprint density at radius 1 is 1.09 bits per heavy atom. The van der Waals surface area contributed by atoms with Gasteiger partial charge in [-0.3, -0.25) is 9.78 Å². The van der Waals surface area contributed by atoms with Crippen LogP contribution in [0.3, 0.4) is 0 Å². The van der Waals surface area contributed by atoms with E-state index in [1.807, 2.05) is 79.9 Å². The maximum atomic E-state index is 12.2. The van der Waals surface area contributed by atoms with Gasteiger partial charge in [-0.1, -0.05) is 42.5 Å². The molecule has 6 heteroatoms. The lowest BCUT2D eigenvalue weighted by Gasteiger charge is -2.19. The first-order chi connectivity index (χ1) is 16.5. The van der Waals surface area contributed by atoms with Gasteiger partial charge in [-0.25, -0.2) is 0 Å². The average Bonchev–Trinajstić information content (AvgIpc) is 3.39. The Kier molecular flexibility index (Phi) is 7.17. The second-order valence-electron chi connectivity index (χ2n) is 8.22. The zero-order valence-corrected chi connectivity index (χ0v) is 20.2. The molecule has 1 amide bonds. The van der Waals surface area contributed by atoms with Crippen LogP contribution >= 0.6 is 11.3 Å². The molecule has 5 nitrogen and oxygen atoms in total. The lowest BCUT2D eigenvalue weighted by molar-refractivity contribution is 0.0688. The summed E-state index contributed by atoms with van der Waals surface area (Å²) in [4.78, 5) is 18.9. The number of carbonyl (C=O) groups excluding carboxylic acids is 1. The van der Waals surface area contributed by atoms with E-state index < -0.39 is 0 Å². The van der Waals surface area contributed by atoms with Gasteiger partial charge >= 0.3 is 0 Å². The fourth-order valence-electron chi connectivity index (χ4n) is 3.80. The average molecular weight is 468 g/mol. The van der Waals surface area contributed by atoms with E-state index in [1.165, 1.54) is 11.3 Å². The molecule has 0 N–H and O–H groups in total. The van der Waals surface area contributed by atoms with Crippen molar-refractivity contribution in [2.75, 3.05) is 14.1 Å². The summed E-state index contributed by atoms with van der Waals surface area (Å²) in [6.45, 7) is 2.42. The van der Waals surface area contributed by atoms with Crippen LogP contribution in [0.5, 0.6) is 0 Å². The van der Waals surface area contributed by atoms with Gasteiger partial charge in [0.1, 0.15) is 6.10 Å². The van der Waals surface area contributed by atoms with Crippen LogP contribution in [-0.4, -0.2) is 29.9 Å². The molecule has 1 unspecified atom stereocenters. The SMILES string of the molecule is Cc1ccccc1-c1cc(C(OCc2ccc(C(=O)N(C)C)cc2)c2cncs2)ccc1C#N. The normalized spacial score (nSPS) is 11.6. The molecule has 4 aromatic rings. The number of carbonyl (C=O) groups is 1. The highest BCUT2D eigenvalue weighted by molar-refractivity contribution is 7.09. The summed E-state index contributed by atoms with van der Waals surface area (Å²) in [7, 11) is 3.48. The number of nitriles is 1. The molecule has 0 spiro atoms. The van der Waals surface area contributed by atoms with Crippen LogP contribution in [-0.2, 0) is 11.3 Å². The number of rotatable bonds is 7. The monoisotopic (exact) mass is 467 g/mol. The fraction of sp³-hybridized carbons (Fsp3) is 0.179. The van der Waals surface area contributed by atoms with Crippen LogP contribution in [0.1, 0.15) is 43.6 Å². The molecule has 170 valence electrons. The van der Waals surface area contributed by atoms with Gasteiger partial charge in [0.15, 0.2) is 0 Å². The molecule has 0 radical (unpaired) electrons. The van der Waals surface area contributed by atoms with E-state index >= 15 is 0 Å². The summed E-state index contributed by atoms with van der Waals surface area (Å²) in [6, 6.07) is 23.7. The van der Waals surface area contributed by atoms with E-state index in [0.717, 1.165) is 32.7 Å². The molecule has 34 heavy (non-hydrogen) atoms. The minimum absolute atomic E-state index is 0.0312. The van der Waals surface area contributed by atoms with Crippen LogP contribution in [0, 0.1) is 18.3 Å². The highest BCUT2D eigenvalue weighted by atomic mass is 32.1. The molecule has 0 bridgehead atoms. The van der Waals surface area contributed by atoms with Crippen molar-refractivity contribution in [3.8, 4) is 17.2 Å². The summed E-state index contributed by atoms with van der Waals surface area (Å²) < 4.78 is 6.39. The molecule has 0 aliphatic rings. The van der Waals surface area contributed by atoms with Crippen molar-refractivity contribution < 1.29 is 9.53 Å². The number of benzene rings is 3. The summed E-state index contributed by atoms with van der Waals surface area (Å²) in [5.41, 5.74) is 8.02. The van der Waals surface area contributed by atoms with Crippen molar-refractivity contribution >= 4 is 17.2 Å². The van der Waals surface area contributed by atoms with Gasteiger partial charge < -0.3 is 9.64 Å². The molecular formula is C28H25N3O2S. The van der Waals surface area contributed by atoms with Crippen molar-refractivity contribution in [2.45, 2.75) is 19.6 Å². The van der Waals surface area contributed by atoms with Crippen molar-refractivity contribution in [3.05, 3.63) is 111 Å². The van der Waals surface area contributed by atoms with E-state index in [0.29, 0.717) is 17.7 Å². The van der Waals surface area contributed by atoms with Gasteiger partial charge in [0.2, 0.25) is 0 Å². The summed E-state index contributed by atoms with van der Waals surface area (Å²) in [5.74, 6) is -0.0312. The van der Waals surface area contributed by atoms with E-state index in [2.05, 4.69) is 11.1 Å². The predicted octanol–water partition coefficient (Wildman–Crippen LogP) is 6.00. The number of nitrogens with zero attached hydrogens (tertiary/aromatic N) is 3. The molecular weight excluding hydrogens is 442 g/mol. The van der Waals surface area contributed by atoms with E-state index in [4.69, 9.17) is 4.74 Å². The number of hydrogen-bond acceptors (Lipinski definition) is 5. The Balaban J connectivity index is 1.64. The molecule has 0 saturated heterocycles.